The van der Waals surface area contributed by atoms with E-state index in [-0.39, 0.29) is 13.2 Å². The number of carboxylic acids is 1. The van der Waals surface area contributed by atoms with E-state index < -0.39 is 24.0 Å². The number of carboxylic acid groups (broad SMARTS) is 1. The second-order valence-corrected chi connectivity index (χ2v) is 5.83. The molecular formula is C19H19NO5. The molecule has 0 spiro atoms. The average Bonchev–Trinajstić information content (AvgIpc) is 2.65. The molecule has 2 unspecified atom stereocenters. The molecule has 0 aliphatic carbocycles. The largest absolute Gasteiger partial charge is 0.485 e. The van der Waals surface area contributed by atoms with E-state index in [1.54, 1.807) is 18.2 Å². The zero-order valence-corrected chi connectivity index (χ0v) is 13.8. The maximum Gasteiger partial charge on any atom is 0.326 e. The number of hydrogen-bond acceptors (Lipinski definition) is 4. The Morgan fingerprint density at radius 3 is 2.44 bits per heavy atom. The topological polar surface area (TPSA) is 76.1 Å². The molecule has 0 bridgehead atoms. The molecule has 0 fully saturated rings. The molecule has 6 heteroatoms. The van der Waals surface area contributed by atoms with E-state index in [1.165, 1.54) is 11.8 Å². The van der Waals surface area contributed by atoms with Crippen LogP contribution >= 0.6 is 0 Å². The Bertz CT molecular complexity index is 761. The van der Waals surface area contributed by atoms with Gasteiger partial charge in [-0.25, -0.2) is 4.79 Å². The number of nitrogens with zero attached hydrogens (tertiary/aromatic N) is 1. The lowest BCUT2D eigenvalue weighted by Gasteiger charge is -2.32. The molecular weight excluding hydrogens is 322 g/mol. The Morgan fingerprint density at radius 1 is 1.12 bits per heavy atom. The third kappa shape index (κ3) is 3.74. The van der Waals surface area contributed by atoms with Gasteiger partial charge in [0.05, 0.1) is 0 Å². The first-order valence-electron chi connectivity index (χ1n) is 8.02. The number of amides is 1. The highest BCUT2D eigenvalue weighted by molar-refractivity contribution is 5.86. The smallest absolute Gasteiger partial charge is 0.326 e. The van der Waals surface area contributed by atoms with Crippen molar-refractivity contribution in [2.75, 3.05) is 6.61 Å². The fourth-order valence-electron chi connectivity index (χ4n) is 2.65. The summed E-state index contributed by atoms with van der Waals surface area (Å²) in [7, 11) is 0. The SMILES string of the molecule is CC(C(=O)O)N(Cc1ccccc1)C(=O)C1COc2ccccc2O1. The average molecular weight is 341 g/mol. The van der Waals surface area contributed by atoms with Gasteiger partial charge in [0.15, 0.2) is 11.5 Å². The first-order valence-corrected chi connectivity index (χ1v) is 8.02. The van der Waals surface area contributed by atoms with Crippen molar-refractivity contribution in [3.63, 3.8) is 0 Å². The molecule has 1 heterocycles. The van der Waals surface area contributed by atoms with Gasteiger partial charge >= 0.3 is 5.97 Å². The Hall–Kier alpha value is -3.02. The Morgan fingerprint density at radius 2 is 1.76 bits per heavy atom. The molecule has 1 aliphatic heterocycles. The number of ether oxygens (including phenoxy) is 2. The van der Waals surface area contributed by atoms with Crippen molar-refractivity contribution >= 4 is 11.9 Å². The Labute approximate surface area is 145 Å². The monoisotopic (exact) mass is 341 g/mol. The quantitative estimate of drug-likeness (QED) is 0.903. The number of aliphatic carboxylic acids is 1. The van der Waals surface area contributed by atoms with Crippen LogP contribution in [0.25, 0.3) is 0 Å². The minimum atomic E-state index is -1.07. The van der Waals surface area contributed by atoms with Gasteiger partial charge in [0.1, 0.15) is 12.6 Å². The number of para-hydroxylation sites is 2. The summed E-state index contributed by atoms with van der Waals surface area (Å²) in [5.74, 6) is -0.420. The first-order chi connectivity index (χ1) is 12.1. The number of carbonyl (C=O) groups is 2. The zero-order valence-electron chi connectivity index (χ0n) is 13.8. The van der Waals surface area contributed by atoms with E-state index in [0.717, 1.165) is 5.56 Å². The molecule has 0 saturated heterocycles. The summed E-state index contributed by atoms with van der Waals surface area (Å²) in [6.07, 6.45) is -0.875. The zero-order chi connectivity index (χ0) is 17.8. The fourth-order valence-corrected chi connectivity index (χ4v) is 2.65. The predicted molar refractivity (Wildman–Crippen MR) is 90.4 cm³/mol. The van der Waals surface area contributed by atoms with Gasteiger partial charge in [0.2, 0.25) is 6.10 Å². The highest BCUT2D eigenvalue weighted by Gasteiger charge is 2.35. The van der Waals surface area contributed by atoms with Crippen molar-refractivity contribution in [1.82, 2.24) is 4.90 Å². The lowest BCUT2D eigenvalue weighted by atomic mass is 10.1. The van der Waals surface area contributed by atoms with Crippen LogP contribution in [0.3, 0.4) is 0 Å². The van der Waals surface area contributed by atoms with Crippen LogP contribution < -0.4 is 9.47 Å². The van der Waals surface area contributed by atoms with Gasteiger partial charge in [-0.2, -0.15) is 0 Å². The van der Waals surface area contributed by atoms with Gasteiger partial charge < -0.3 is 19.5 Å². The summed E-state index contributed by atoms with van der Waals surface area (Å²) >= 11 is 0. The number of fused-ring (bicyclic) bond motifs is 1. The minimum Gasteiger partial charge on any atom is -0.485 e. The van der Waals surface area contributed by atoms with E-state index in [9.17, 15) is 14.7 Å². The van der Waals surface area contributed by atoms with Crippen LogP contribution in [0.15, 0.2) is 54.6 Å². The second kappa shape index (κ2) is 7.25. The van der Waals surface area contributed by atoms with Crippen LogP contribution in [0.5, 0.6) is 11.5 Å². The lowest BCUT2D eigenvalue weighted by molar-refractivity contribution is -0.154. The van der Waals surface area contributed by atoms with Gasteiger partial charge in [0.25, 0.3) is 5.91 Å². The molecule has 2 aromatic carbocycles. The molecule has 0 aromatic heterocycles. The van der Waals surface area contributed by atoms with Gasteiger partial charge in [-0.05, 0) is 24.6 Å². The lowest BCUT2D eigenvalue weighted by Crippen LogP contribution is -2.51. The second-order valence-electron chi connectivity index (χ2n) is 5.83. The highest BCUT2D eigenvalue weighted by Crippen LogP contribution is 2.31. The number of carbonyl (C=O) groups excluding carboxylic acids is 1. The van der Waals surface area contributed by atoms with E-state index in [4.69, 9.17) is 9.47 Å². The van der Waals surface area contributed by atoms with Crippen LogP contribution in [0, 0.1) is 0 Å². The molecule has 1 amide bonds. The van der Waals surface area contributed by atoms with Crippen LogP contribution in [-0.4, -0.2) is 40.6 Å². The molecule has 0 radical (unpaired) electrons. The van der Waals surface area contributed by atoms with Gasteiger partial charge in [-0.1, -0.05) is 42.5 Å². The van der Waals surface area contributed by atoms with E-state index in [1.807, 2.05) is 36.4 Å². The molecule has 6 nitrogen and oxygen atoms in total. The van der Waals surface area contributed by atoms with Crippen molar-refractivity contribution in [2.24, 2.45) is 0 Å². The standard InChI is InChI=1S/C19H19NO5/c1-13(19(22)23)20(11-14-7-3-2-4-8-14)18(21)17-12-24-15-9-5-6-10-16(15)25-17/h2-10,13,17H,11-12H2,1H3,(H,22,23). The van der Waals surface area contributed by atoms with Crippen LogP contribution in [0.2, 0.25) is 0 Å². The third-order valence-electron chi connectivity index (χ3n) is 4.09. The molecule has 0 saturated carbocycles. The first kappa shape index (κ1) is 16.8. The number of benzene rings is 2. The van der Waals surface area contributed by atoms with Gasteiger partial charge in [-0.15, -0.1) is 0 Å². The van der Waals surface area contributed by atoms with Crippen LogP contribution in [-0.2, 0) is 16.1 Å². The Kier molecular flexibility index (Phi) is 4.88. The van der Waals surface area contributed by atoms with Crippen molar-refractivity contribution < 1.29 is 24.2 Å². The van der Waals surface area contributed by atoms with E-state index in [2.05, 4.69) is 0 Å². The molecule has 1 aliphatic rings. The molecule has 1 N–H and O–H groups in total. The highest BCUT2D eigenvalue weighted by atomic mass is 16.6. The van der Waals surface area contributed by atoms with Crippen LogP contribution in [0.1, 0.15) is 12.5 Å². The normalized spacial score (nSPS) is 16.8. The van der Waals surface area contributed by atoms with Gasteiger partial charge in [0, 0.05) is 6.54 Å². The summed E-state index contributed by atoms with van der Waals surface area (Å²) in [6, 6.07) is 15.4. The third-order valence-corrected chi connectivity index (χ3v) is 4.09. The summed E-state index contributed by atoms with van der Waals surface area (Å²) in [6.45, 7) is 1.73. The van der Waals surface area contributed by atoms with Crippen molar-refractivity contribution in [3.8, 4) is 11.5 Å². The Balaban J connectivity index is 1.81. The molecule has 2 atom stereocenters. The molecule has 2 aromatic rings. The minimum absolute atomic E-state index is 0.0491. The molecule has 130 valence electrons. The van der Waals surface area contributed by atoms with Crippen molar-refractivity contribution in [1.29, 1.82) is 0 Å². The maximum atomic E-state index is 12.9. The summed E-state index contributed by atoms with van der Waals surface area (Å²) in [4.78, 5) is 25.7. The van der Waals surface area contributed by atoms with Crippen molar-refractivity contribution in [2.45, 2.75) is 25.6 Å². The van der Waals surface area contributed by atoms with Gasteiger partial charge in [-0.3, -0.25) is 4.79 Å². The summed E-state index contributed by atoms with van der Waals surface area (Å²) in [5, 5.41) is 9.37. The molecule has 3 rings (SSSR count). The molecule has 25 heavy (non-hydrogen) atoms. The predicted octanol–water partition coefficient (Wildman–Crippen LogP) is 2.33. The fraction of sp³-hybridized carbons (Fsp3) is 0.263. The van der Waals surface area contributed by atoms with Crippen molar-refractivity contribution in [3.05, 3.63) is 60.2 Å². The van der Waals surface area contributed by atoms with E-state index >= 15 is 0 Å². The van der Waals surface area contributed by atoms with E-state index in [0.29, 0.717) is 11.5 Å². The summed E-state index contributed by atoms with van der Waals surface area (Å²) in [5.41, 5.74) is 0.848. The number of hydrogen-bond donors (Lipinski definition) is 1. The number of rotatable bonds is 5. The van der Waals surface area contributed by atoms with Crippen LogP contribution in [0.4, 0.5) is 0 Å². The maximum absolute atomic E-state index is 12.9. The summed E-state index contributed by atoms with van der Waals surface area (Å²) < 4.78 is 11.3.